The van der Waals surface area contributed by atoms with E-state index in [0.717, 1.165) is 44.5 Å². The third-order valence-electron chi connectivity index (χ3n) is 4.30. The number of hydrogen-bond acceptors (Lipinski definition) is 8. The smallest absolute Gasteiger partial charge is 0.485 e. The lowest BCUT2D eigenvalue weighted by Gasteiger charge is -2.30. The van der Waals surface area contributed by atoms with E-state index >= 15 is 0 Å². The number of alkyl halides is 3. The van der Waals surface area contributed by atoms with Crippen LogP contribution in [0.15, 0.2) is 12.1 Å². The van der Waals surface area contributed by atoms with Crippen molar-refractivity contribution >= 4 is 21.5 Å². The molecule has 1 heterocycles. The number of unbranched alkanes of at least 4 members (excludes halogenated alkanes) is 2. The monoisotopic (exact) mass is 483 g/mol. The lowest BCUT2D eigenvalue weighted by molar-refractivity contribution is -0.0517. The first-order valence-corrected chi connectivity index (χ1v) is 11.6. The van der Waals surface area contributed by atoms with Crippen LogP contribution in [0.5, 0.6) is 11.5 Å². The van der Waals surface area contributed by atoms with Gasteiger partial charge in [-0.2, -0.15) is 13.2 Å². The minimum Gasteiger partial charge on any atom is -0.741 e. The molecule has 0 atom stereocenters. The summed E-state index contributed by atoms with van der Waals surface area (Å²) in [6, 6.07) is 3.72. The van der Waals surface area contributed by atoms with Crippen molar-refractivity contribution < 1.29 is 40.4 Å². The molecule has 9 nitrogen and oxygen atoms in total. The largest absolute Gasteiger partial charge is 0.741 e. The molecule has 182 valence electrons. The fourth-order valence-electron chi connectivity index (χ4n) is 2.59. The van der Waals surface area contributed by atoms with Gasteiger partial charge in [0.05, 0.1) is 32.1 Å². The number of morpholine rings is 1. The third-order valence-corrected chi connectivity index (χ3v) is 4.87. The number of ether oxygens (including phenoxy) is 3. The van der Waals surface area contributed by atoms with E-state index < -0.39 is 15.6 Å². The maximum atomic E-state index is 10.7. The van der Waals surface area contributed by atoms with Gasteiger partial charge in [-0.15, -0.1) is 0 Å². The highest BCUT2D eigenvalue weighted by atomic mass is 32.2. The highest BCUT2D eigenvalue weighted by Gasteiger charge is 2.37. The van der Waals surface area contributed by atoms with E-state index in [9.17, 15) is 18.6 Å². The second-order valence-electron chi connectivity index (χ2n) is 6.77. The van der Waals surface area contributed by atoms with Crippen molar-refractivity contribution in [2.75, 3.05) is 44.4 Å². The zero-order chi connectivity index (χ0) is 24.2. The van der Waals surface area contributed by atoms with Crippen molar-refractivity contribution in [2.45, 2.75) is 45.0 Å². The number of rotatable bonds is 9. The second-order valence-corrected chi connectivity index (χ2v) is 8.14. The maximum Gasteiger partial charge on any atom is 0.485 e. The molecule has 1 fully saturated rings. The molecule has 0 N–H and O–H groups in total. The van der Waals surface area contributed by atoms with E-state index in [4.69, 9.17) is 27.2 Å². The van der Waals surface area contributed by atoms with E-state index in [-0.39, 0.29) is 0 Å². The Labute approximate surface area is 185 Å². The third kappa shape index (κ3) is 8.68. The van der Waals surface area contributed by atoms with Crippen LogP contribution in [-0.4, -0.2) is 58.0 Å². The van der Waals surface area contributed by atoms with Gasteiger partial charge in [-0.3, -0.25) is 0 Å². The van der Waals surface area contributed by atoms with Crippen molar-refractivity contribution in [2.24, 2.45) is 0 Å². The van der Waals surface area contributed by atoms with Gasteiger partial charge in [0.2, 0.25) is 5.39 Å². The highest BCUT2D eigenvalue weighted by Crippen LogP contribution is 2.45. The Bertz CT molecular complexity index is 853. The predicted octanol–water partition coefficient (Wildman–Crippen LogP) is 4.42. The van der Waals surface area contributed by atoms with Crippen LogP contribution in [0.3, 0.4) is 0 Å². The van der Waals surface area contributed by atoms with Crippen LogP contribution in [-0.2, 0) is 14.9 Å². The molecule has 1 aliphatic rings. The van der Waals surface area contributed by atoms with E-state index in [1.165, 1.54) is 0 Å². The van der Waals surface area contributed by atoms with Crippen molar-refractivity contribution in [1.29, 1.82) is 5.39 Å². The molecule has 0 radical (unpaired) electrons. The van der Waals surface area contributed by atoms with Gasteiger partial charge >= 0.3 is 11.2 Å². The van der Waals surface area contributed by atoms with Gasteiger partial charge in [-0.1, -0.05) is 26.7 Å². The van der Waals surface area contributed by atoms with Crippen LogP contribution in [0.4, 0.5) is 24.5 Å². The van der Waals surface area contributed by atoms with E-state index in [1.807, 2.05) is 6.07 Å². The molecule has 0 spiro atoms. The van der Waals surface area contributed by atoms with E-state index in [1.54, 1.807) is 6.07 Å². The molecule has 32 heavy (non-hydrogen) atoms. The Morgan fingerprint density at radius 2 is 1.59 bits per heavy atom. The van der Waals surface area contributed by atoms with Gasteiger partial charge in [0.15, 0.2) is 20.8 Å². The molecule has 13 heteroatoms. The number of benzene rings is 1. The Kier molecular flexibility index (Phi) is 11.5. The van der Waals surface area contributed by atoms with Gasteiger partial charge < -0.3 is 23.7 Å². The molecule has 1 aromatic rings. The van der Waals surface area contributed by atoms with E-state index in [0.29, 0.717) is 43.6 Å². The molecule has 0 amide bonds. The molecule has 0 saturated carbocycles. The second kappa shape index (κ2) is 13.3. The molecular formula is C19H28F3N3O6S. The first kappa shape index (κ1) is 27.7. The molecule has 1 aliphatic heterocycles. The lowest BCUT2D eigenvalue weighted by Crippen LogP contribution is -2.36. The summed E-state index contributed by atoms with van der Waals surface area (Å²) in [5.74, 6) is 1.21. The molecule has 1 saturated heterocycles. The topological polar surface area (TPSA) is 116 Å². The number of anilines is 1. The van der Waals surface area contributed by atoms with Crippen LogP contribution >= 0.6 is 0 Å². The number of diazo groups is 1. The van der Waals surface area contributed by atoms with Crippen LogP contribution in [0.1, 0.15) is 39.5 Å². The van der Waals surface area contributed by atoms with Gasteiger partial charge in [0, 0.05) is 19.2 Å². The van der Waals surface area contributed by atoms with E-state index in [2.05, 4.69) is 23.7 Å². The molecule has 0 aliphatic carbocycles. The Morgan fingerprint density at radius 3 is 2.03 bits per heavy atom. The van der Waals surface area contributed by atoms with Crippen LogP contribution in [0, 0.1) is 5.39 Å². The normalized spacial score (nSPS) is 14.2. The summed E-state index contributed by atoms with van der Waals surface area (Å²) in [6.45, 7) is 8.47. The summed E-state index contributed by atoms with van der Waals surface area (Å²) in [5, 5.41) is 9.33. The summed E-state index contributed by atoms with van der Waals surface area (Å²) < 4.78 is 76.3. The Hall–Kier alpha value is -2.30. The zero-order valence-corrected chi connectivity index (χ0v) is 18.9. The standard InChI is InChI=1S/C18H28N3O3.CHF3O3S/c1-3-5-11-23-17-15(20-19)7-8-16(18(17)24-12-6-4-2)21-9-13-22-14-10-21;2-1(3,4)8(5,6)7/h7-8H,3-6,9-14H2,1-2H3;(H,5,6,7)/q+1;/p-1. The fourth-order valence-corrected chi connectivity index (χ4v) is 2.59. The predicted molar refractivity (Wildman–Crippen MR) is 111 cm³/mol. The molecule has 1 aromatic carbocycles. The average Bonchev–Trinajstić information content (AvgIpc) is 2.74. The number of nitrogens with zero attached hydrogens (tertiary/aromatic N) is 3. The van der Waals surface area contributed by atoms with Gasteiger partial charge in [-0.25, -0.2) is 8.42 Å². The van der Waals surface area contributed by atoms with Crippen molar-refractivity contribution in [3.05, 3.63) is 17.1 Å². The SMILES string of the molecule is CCCCOc1c([N+]#N)ccc(N2CCOCC2)c1OCCCC.O=S(=O)([O-])C(F)(F)F. The molecule has 2 rings (SSSR count). The summed E-state index contributed by atoms with van der Waals surface area (Å²) in [6.07, 6.45) is 4.02. The van der Waals surface area contributed by atoms with Gasteiger partial charge in [0.1, 0.15) is 0 Å². The summed E-state index contributed by atoms with van der Waals surface area (Å²) in [5.41, 5.74) is -4.25. The Morgan fingerprint density at radius 1 is 1.09 bits per heavy atom. The maximum absolute atomic E-state index is 10.7. The quantitative estimate of drug-likeness (QED) is 0.219. The number of hydrogen-bond donors (Lipinski definition) is 0. The molecule has 0 aromatic heterocycles. The highest BCUT2D eigenvalue weighted by molar-refractivity contribution is 7.86. The van der Waals surface area contributed by atoms with Crippen LogP contribution in [0.25, 0.3) is 4.98 Å². The van der Waals surface area contributed by atoms with Crippen LogP contribution < -0.4 is 14.4 Å². The summed E-state index contributed by atoms with van der Waals surface area (Å²) in [4.78, 5) is 5.61. The molecule has 0 unspecified atom stereocenters. The first-order chi connectivity index (χ1) is 15.1. The summed E-state index contributed by atoms with van der Waals surface area (Å²) >= 11 is 0. The summed E-state index contributed by atoms with van der Waals surface area (Å²) in [7, 11) is -6.09. The first-order valence-electron chi connectivity index (χ1n) is 10.2. The molecule has 0 bridgehead atoms. The van der Waals surface area contributed by atoms with Crippen molar-refractivity contribution in [3.63, 3.8) is 0 Å². The van der Waals surface area contributed by atoms with Crippen LogP contribution in [0.2, 0.25) is 0 Å². The van der Waals surface area contributed by atoms with Gasteiger partial charge in [-0.05, 0) is 18.9 Å². The minimum atomic E-state index is -6.09. The lowest BCUT2D eigenvalue weighted by atomic mass is 10.2. The van der Waals surface area contributed by atoms with Crippen molar-refractivity contribution in [1.82, 2.24) is 0 Å². The molecular weight excluding hydrogens is 455 g/mol. The van der Waals surface area contributed by atoms with Gasteiger partial charge in [0.25, 0.3) is 5.75 Å². The Balaban J connectivity index is 0.000000547. The fraction of sp³-hybridized carbons (Fsp3) is 0.684. The number of halogens is 3. The average molecular weight is 484 g/mol. The van der Waals surface area contributed by atoms with Crippen molar-refractivity contribution in [3.8, 4) is 11.5 Å². The zero-order valence-electron chi connectivity index (χ0n) is 18.1. The minimum absolute atomic E-state index is 0.412.